The number of amides is 1. The summed E-state index contributed by atoms with van der Waals surface area (Å²) in [4.78, 5) is 16.8. The van der Waals surface area contributed by atoms with E-state index in [-0.39, 0.29) is 24.5 Å². The molecule has 0 aliphatic carbocycles. The largest absolute Gasteiger partial charge is 0.349 e. The molecule has 0 saturated carbocycles. The maximum Gasteiger partial charge on any atom is 0.243 e. The lowest BCUT2D eigenvalue weighted by atomic mass is 10.2. The summed E-state index contributed by atoms with van der Waals surface area (Å²) in [6, 6.07) is 18.1. The average molecular weight is 464 g/mol. The van der Waals surface area contributed by atoms with Gasteiger partial charge < -0.3 is 5.32 Å². The Balaban J connectivity index is 1.82. The molecule has 0 unspecified atom stereocenters. The zero-order valence-corrected chi connectivity index (χ0v) is 18.2. The second-order valence-electron chi connectivity index (χ2n) is 6.42. The Morgan fingerprint density at radius 1 is 1.00 bits per heavy atom. The predicted octanol–water partition coefficient (Wildman–Crippen LogP) is 3.90. The van der Waals surface area contributed by atoms with Crippen molar-refractivity contribution in [3.63, 3.8) is 0 Å². The minimum Gasteiger partial charge on any atom is -0.349 e. The molecule has 0 bridgehead atoms. The first-order valence-electron chi connectivity index (χ1n) is 9.02. The molecule has 156 valence electrons. The molecule has 1 N–H and O–H groups in total. The first kappa shape index (κ1) is 22.2. The molecule has 6 nitrogen and oxygen atoms in total. The van der Waals surface area contributed by atoms with Crippen LogP contribution in [0, 0.1) is 0 Å². The maximum atomic E-state index is 13.2. The van der Waals surface area contributed by atoms with Crippen LogP contribution in [0.5, 0.6) is 0 Å². The second-order valence-corrected chi connectivity index (χ2v) is 9.20. The van der Waals surface area contributed by atoms with Gasteiger partial charge >= 0.3 is 0 Å². The Labute approximate surface area is 185 Å². The first-order chi connectivity index (χ1) is 14.4. The van der Waals surface area contributed by atoms with E-state index in [1.165, 1.54) is 18.2 Å². The number of halogens is 2. The molecule has 1 aromatic heterocycles. The van der Waals surface area contributed by atoms with Gasteiger partial charge in [-0.15, -0.1) is 0 Å². The number of sulfonamides is 1. The van der Waals surface area contributed by atoms with Gasteiger partial charge in [-0.05, 0) is 42.0 Å². The Bertz CT molecular complexity index is 1110. The highest BCUT2D eigenvalue weighted by Gasteiger charge is 2.27. The minimum atomic E-state index is -3.94. The number of benzene rings is 2. The number of pyridine rings is 1. The van der Waals surface area contributed by atoms with Gasteiger partial charge in [-0.25, -0.2) is 8.42 Å². The van der Waals surface area contributed by atoms with Crippen molar-refractivity contribution in [2.75, 3.05) is 6.54 Å². The smallest absolute Gasteiger partial charge is 0.243 e. The number of nitrogens with zero attached hydrogens (tertiary/aromatic N) is 2. The molecule has 0 spiro atoms. The summed E-state index contributed by atoms with van der Waals surface area (Å²) in [5, 5.41) is 3.46. The van der Waals surface area contributed by atoms with Crippen LogP contribution in [0.1, 0.15) is 11.3 Å². The van der Waals surface area contributed by atoms with Gasteiger partial charge in [0, 0.05) is 22.8 Å². The molecular weight excluding hydrogens is 445 g/mol. The molecule has 0 radical (unpaired) electrons. The topological polar surface area (TPSA) is 79.4 Å². The van der Waals surface area contributed by atoms with Crippen LogP contribution in [0.25, 0.3) is 0 Å². The van der Waals surface area contributed by atoms with Crippen LogP contribution in [-0.2, 0) is 27.9 Å². The highest BCUT2D eigenvalue weighted by Crippen LogP contribution is 2.25. The van der Waals surface area contributed by atoms with Crippen molar-refractivity contribution in [2.45, 2.75) is 18.0 Å². The lowest BCUT2D eigenvalue weighted by Crippen LogP contribution is -2.40. The summed E-state index contributed by atoms with van der Waals surface area (Å²) in [7, 11) is -3.94. The summed E-state index contributed by atoms with van der Waals surface area (Å²) < 4.78 is 27.5. The lowest BCUT2D eigenvalue weighted by molar-refractivity contribution is -0.121. The Morgan fingerprint density at radius 3 is 2.40 bits per heavy atom. The summed E-state index contributed by atoms with van der Waals surface area (Å²) in [5.41, 5.74) is 1.21. The predicted molar refractivity (Wildman–Crippen MR) is 117 cm³/mol. The second kappa shape index (κ2) is 10.0. The Kier molecular flexibility index (Phi) is 7.44. The standard InChI is InChI=1S/C21H19Cl2N3O3S/c22-17-10-9-16(20(23)12-17)14-26(30(28,29)19-7-2-1-3-8-19)15-21(27)25-13-18-6-4-5-11-24-18/h1-12H,13-15H2,(H,25,27). The van der Waals surface area contributed by atoms with E-state index in [1.807, 2.05) is 6.07 Å². The van der Waals surface area contributed by atoms with Crippen molar-refractivity contribution in [2.24, 2.45) is 0 Å². The van der Waals surface area contributed by atoms with Gasteiger partial charge in [-0.2, -0.15) is 4.31 Å². The van der Waals surface area contributed by atoms with Crippen LogP contribution in [0.4, 0.5) is 0 Å². The third-order valence-electron chi connectivity index (χ3n) is 4.26. The quantitative estimate of drug-likeness (QED) is 0.549. The van der Waals surface area contributed by atoms with E-state index >= 15 is 0 Å². The molecule has 1 heterocycles. The molecule has 3 aromatic rings. The number of carbonyl (C=O) groups excluding carboxylic acids is 1. The first-order valence-corrected chi connectivity index (χ1v) is 11.2. The normalized spacial score (nSPS) is 11.4. The van der Waals surface area contributed by atoms with E-state index in [1.54, 1.807) is 48.7 Å². The SMILES string of the molecule is O=C(CN(Cc1ccc(Cl)cc1Cl)S(=O)(=O)c1ccccc1)NCc1ccccn1. The van der Waals surface area contributed by atoms with E-state index in [2.05, 4.69) is 10.3 Å². The van der Waals surface area contributed by atoms with Crippen molar-refractivity contribution in [3.05, 3.63) is 94.2 Å². The summed E-state index contributed by atoms with van der Waals surface area (Å²) in [5.74, 6) is -0.453. The zero-order chi connectivity index (χ0) is 21.6. The highest BCUT2D eigenvalue weighted by molar-refractivity contribution is 7.89. The summed E-state index contributed by atoms with van der Waals surface area (Å²) in [6.07, 6.45) is 1.62. The van der Waals surface area contributed by atoms with E-state index in [4.69, 9.17) is 23.2 Å². The molecule has 0 aliphatic heterocycles. The monoisotopic (exact) mass is 463 g/mol. The Morgan fingerprint density at radius 2 is 1.73 bits per heavy atom. The number of carbonyl (C=O) groups is 1. The van der Waals surface area contributed by atoms with E-state index in [0.29, 0.717) is 21.3 Å². The highest BCUT2D eigenvalue weighted by atomic mass is 35.5. The minimum absolute atomic E-state index is 0.0791. The van der Waals surface area contributed by atoms with Crippen LogP contribution in [0.15, 0.2) is 77.8 Å². The molecular formula is C21H19Cl2N3O3S. The van der Waals surface area contributed by atoms with Crippen LogP contribution in [0.2, 0.25) is 10.0 Å². The summed E-state index contributed by atoms with van der Waals surface area (Å²) in [6.45, 7) is -0.256. The number of rotatable bonds is 8. The number of aromatic nitrogens is 1. The van der Waals surface area contributed by atoms with Crippen molar-refractivity contribution in [3.8, 4) is 0 Å². The van der Waals surface area contributed by atoms with Gasteiger partial charge in [0.15, 0.2) is 0 Å². The molecule has 30 heavy (non-hydrogen) atoms. The van der Waals surface area contributed by atoms with E-state index in [0.717, 1.165) is 4.31 Å². The molecule has 2 aromatic carbocycles. The fourth-order valence-electron chi connectivity index (χ4n) is 2.72. The maximum absolute atomic E-state index is 13.2. The van der Waals surface area contributed by atoms with E-state index < -0.39 is 15.9 Å². The fourth-order valence-corrected chi connectivity index (χ4v) is 4.58. The van der Waals surface area contributed by atoms with Crippen molar-refractivity contribution in [1.82, 2.24) is 14.6 Å². The van der Waals surface area contributed by atoms with Gasteiger partial charge in [0.2, 0.25) is 15.9 Å². The van der Waals surface area contributed by atoms with Gasteiger partial charge in [-0.3, -0.25) is 9.78 Å². The third-order valence-corrected chi connectivity index (χ3v) is 6.65. The number of nitrogens with one attached hydrogen (secondary N) is 1. The molecule has 1 amide bonds. The lowest BCUT2D eigenvalue weighted by Gasteiger charge is -2.22. The molecule has 9 heteroatoms. The van der Waals surface area contributed by atoms with Crippen molar-refractivity contribution >= 4 is 39.1 Å². The van der Waals surface area contributed by atoms with Gasteiger partial charge in [0.1, 0.15) is 0 Å². The molecule has 3 rings (SSSR count). The van der Waals surface area contributed by atoms with Crippen LogP contribution < -0.4 is 5.32 Å². The third kappa shape index (κ3) is 5.79. The molecule has 0 fully saturated rings. The van der Waals surface area contributed by atoms with E-state index in [9.17, 15) is 13.2 Å². The fraction of sp³-hybridized carbons (Fsp3) is 0.143. The molecule has 0 aliphatic rings. The molecule has 0 saturated heterocycles. The van der Waals surface area contributed by atoms with Crippen molar-refractivity contribution < 1.29 is 13.2 Å². The van der Waals surface area contributed by atoms with Crippen LogP contribution in [-0.4, -0.2) is 30.2 Å². The van der Waals surface area contributed by atoms with Gasteiger partial charge in [0.25, 0.3) is 0 Å². The van der Waals surface area contributed by atoms with Crippen LogP contribution in [0.3, 0.4) is 0 Å². The summed E-state index contributed by atoms with van der Waals surface area (Å²) >= 11 is 12.2. The zero-order valence-electron chi connectivity index (χ0n) is 15.8. The molecule has 0 atom stereocenters. The average Bonchev–Trinajstić information content (AvgIpc) is 2.75. The van der Waals surface area contributed by atoms with Gasteiger partial charge in [-0.1, -0.05) is 53.5 Å². The number of hydrogen-bond acceptors (Lipinski definition) is 4. The van der Waals surface area contributed by atoms with Gasteiger partial charge in [0.05, 0.1) is 23.7 Å². The number of hydrogen-bond donors (Lipinski definition) is 1. The van der Waals surface area contributed by atoms with Crippen molar-refractivity contribution in [1.29, 1.82) is 0 Å². The van der Waals surface area contributed by atoms with Crippen LogP contribution >= 0.6 is 23.2 Å². The Hall–Kier alpha value is -2.45.